The molecule has 1 N–H and O–H groups in total. The van der Waals surface area contributed by atoms with Crippen molar-refractivity contribution in [2.75, 3.05) is 6.54 Å². The molecule has 1 aromatic heterocycles. The fourth-order valence-electron chi connectivity index (χ4n) is 1.59. The van der Waals surface area contributed by atoms with Crippen LogP contribution >= 0.6 is 0 Å². The van der Waals surface area contributed by atoms with Crippen LogP contribution in [-0.2, 0) is 19.5 Å². The summed E-state index contributed by atoms with van der Waals surface area (Å²) in [6, 6.07) is 0. The fourth-order valence-corrected chi connectivity index (χ4v) is 1.59. The van der Waals surface area contributed by atoms with Gasteiger partial charge in [-0.05, 0) is 6.42 Å². The molecular formula is C9H12N4. The lowest BCUT2D eigenvalue weighted by atomic mass is 10.4. The number of aromatic nitrogens is 3. The summed E-state index contributed by atoms with van der Waals surface area (Å²) >= 11 is 0. The molecule has 0 atom stereocenters. The predicted molar refractivity (Wildman–Crippen MR) is 48.9 cm³/mol. The highest BCUT2D eigenvalue weighted by Gasteiger charge is 2.16. The molecule has 0 spiro atoms. The molecular weight excluding hydrogens is 164 g/mol. The molecule has 1 aromatic rings. The molecule has 0 fully saturated rings. The highest BCUT2D eigenvalue weighted by molar-refractivity contribution is 5.00. The molecule has 0 radical (unpaired) electrons. The highest BCUT2D eigenvalue weighted by Crippen LogP contribution is 2.13. The van der Waals surface area contributed by atoms with Gasteiger partial charge in [-0.2, -0.15) is 0 Å². The van der Waals surface area contributed by atoms with Gasteiger partial charge < -0.3 is 4.57 Å². The molecule has 13 heavy (non-hydrogen) atoms. The Morgan fingerprint density at radius 1 is 1.54 bits per heavy atom. The third-order valence-corrected chi connectivity index (χ3v) is 2.20. The molecule has 1 aliphatic rings. The van der Waals surface area contributed by atoms with E-state index in [0.717, 1.165) is 31.2 Å². The Bertz CT molecular complexity index is 334. The third-order valence-electron chi connectivity index (χ3n) is 2.20. The van der Waals surface area contributed by atoms with Gasteiger partial charge in [-0.3, -0.25) is 5.32 Å². The average molecular weight is 176 g/mol. The summed E-state index contributed by atoms with van der Waals surface area (Å²) in [5, 5.41) is 11.3. The first-order valence-electron chi connectivity index (χ1n) is 4.47. The number of rotatable bonds is 3. The first-order valence-corrected chi connectivity index (χ1v) is 4.47. The number of hydrogen-bond donors (Lipinski definition) is 1. The first kappa shape index (κ1) is 8.27. The Hall–Kier alpha value is -1.34. The second kappa shape index (κ2) is 3.58. The third kappa shape index (κ3) is 1.56. The van der Waals surface area contributed by atoms with Crippen molar-refractivity contribution in [3.05, 3.63) is 11.6 Å². The number of nitrogens with one attached hydrogen (secondary N) is 1. The molecule has 4 heteroatoms. The molecule has 0 bridgehead atoms. The van der Waals surface area contributed by atoms with Crippen molar-refractivity contribution in [1.29, 1.82) is 0 Å². The van der Waals surface area contributed by atoms with Crippen molar-refractivity contribution in [1.82, 2.24) is 20.1 Å². The average Bonchev–Trinajstić information content (AvgIpc) is 2.68. The number of fused-ring (bicyclic) bond motifs is 1. The van der Waals surface area contributed by atoms with Crippen LogP contribution in [0.1, 0.15) is 18.1 Å². The second-order valence-electron chi connectivity index (χ2n) is 3.10. The molecule has 0 amide bonds. The van der Waals surface area contributed by atoms with E-state index < -0.39 is 0 Å². The van der Waals surface area contributed by atoms with E-state index in [4.69, 9.17) is 6.42 Å². The normalized spacial score (nSPS) is 14.1. The minimum absolute atomic E-state index is 0.586. The van der Waals surface area contributed by atoms with E-state index in [1.165, 1.54) is 6.42 Å². The van der Waals surface area contributed by atoms with Crippen LogP contribution in [0, 0.1) is 12.3 Å². The van der Waals surface area contributed by atoms with Crippen molar-refractivity contribution in [3.63, 3.8) is 0 Å². The van der Waals surface area contributed by atoms with Crippen LogP contribution in [-0.4, -0.2) is 21.3 Å². The van der Waals surface area contributed by atoms with Gasteiger partial charge in [0.2, 0.25) is 0 Å². The Balaban J connectivity index is 2.01. The van der Waals surface area contributed by atoms with Crippen LogP contribution in [0.4, 0.5) is 0 Å². The van der Waals surface area contributed by atoms with Gasteiger partial charge in [-0.1, -0.05) is 5.92 Å². The summed E-state index contributed by atoms with van der Waals surface area (Å²) in [6.45, 7) is 2.36. The molecule has 2 heterocycles. The Morgan fingerprint density at radius 3 is 3.31 bits per heavy atom. The standard InChI is InChI=1S/C9H12N4/c1-2-5-10-7-9-12-11-8-4-3-6-13(8)9/h1,10H,3-7H2. The topological polar surface area (TPSA) is 42.7 Å². The van der Waals surface area contributed by atoms with Gasteiger partial charge in [0, 0.05) is 13.0 Å². The van der Waals surface area contributed by atoms with Crippen molar-refractivity contribution < 1.29 is 0 Å². The molecule has 0 saturated carbocycles. The first-order chi connectivity index (χ1) is 6.42. The van der Waals surface area contributed by atoms with Crippen molar-refractivity contribution >= 4 is 0 Å². The minimum Gasteiger partial charge on any atom is -0.314 e. The predicted octanol–water partition coefficient (Wildman–Crippen LogP) is -0.0529. The summed E-state index contributed by atoms with van der Waals surface area (Å²) < 4.78 is 2.17. The van der Waals surface area contributed by atoms with Crippen molar-refractivity contribution in [2.24, 2.45) is 0 Å². The largest absolute Gasteiger partial charge is 0.314 e. The molecule has 0 aromatic carbocycles. The zero-order valence-corrected chi connectivity index (χ0v) is 7.45. The molecule has 68 valence electrons. The lowest BCUT2D eigenvalue weighted by Crippen LogP contribution is -2.16. The maximum absolute atomic E-state index is 5.13. The monoisotopic (exact) mass is 176 g/mol. The maximum atomic E-state index is 5.13. The number of terminal acetylenes is 1. The van der Waals surface area contributed by atoms with Gasteiger partial charge in [0.1, 0.15) is 11.6 Å². The minimum atomic E-state index is 0.586. The smallest absolute Gasteiger partial charge is 0.147 e. The fraction of sp³-hybridized carbons (Fsp3) is 0.556. The van der Waals surface area contributed by atoms with Crippen LogP contribution in [0.15, 0.2) is 0 Å². The molecule has 4 nitrogen and oxygen atoms in total. The number of hydrogen-bond acceptors (Lipinski definition) is 3. The van der Waals surface area contributed by atoms with Crippen LogP contribution in [0.5, 0.6) is 0 Å². The van der Waals surface area contributed by atoms with E-state index in [9.17, 15) is 0 Å². The van der Waals surface area contributed by atoms with Gasteiger partial charge in [-0.15, -0.1) is 16.6 Å². The molecule has 1 aliphatic heterocycles. The summed E-state index contributed by atoms with van der Waals surface area (Å²) in [4.78, 5) is 0. The van der Waals surface area contributed by atoms with Crippen molar-refractivity contribution in [2.45, 2.75) is 25.9 Å². The van der Waals surface area contributed by atoms with E-state index in [0.29, 0.717) is 6.54 Å². The number of aryl methyl sites for hydroxylation is 1. The van der Waals surface area contributed by atoms with E-state index in [2.05, 4.69) is 26.0 Å². The van der Waals surface area contributed by atoms with E-state index in [1.54, 1.807) is 0 Å². The van der Waals surface area contributed by atoms with Crippen LogP contribution in [0.2, 0.25) is 0 Å². The molecule has 2 rings (SSSR count). The van der Waals surface area contributed by atoms with Gasteiger partial charge in [0.05, 0.1) is 13.1 Å². The number of nitrogens with zero attached hydrogens (tertiary/aromatic N) is 3. The SMILES string of the molecule is C#CCNCc1nnc2n1CCC2. The Kier molecular flexibility index (Phi) is 2.28. The van der Waals surface area contributed by atoms with Crippen LogP contribution in [0.25, 0.3) is 0 Å². The molecule has 0 saturated heterocycles. The van der Waals surface area contributed by atoms with E-state index in [-0.39, 0.29) is 0 Å². The molecule has 0 unspecified atom stereocenters. The van der Waals surface area contributed by atoms with Crippen molar-refractivity contribution in [3.8, 4) is 12.3 Å². The molecule has 0 aliphatic carbocycles. The summed E-state index contributed by atoms with van der Waals surface area (Å²) in [7, 11) is 0. The van der Waals surface area contributed by atoms with E-state index >= 15 is 0 Å². The highest BCUT2D eigenvalue weighted by atomic mass is 15.3. The quantitative estimate of drug-likeness (QED) is 0.518. The van der Waals surface area contributed by atoms with Crippen LogP contribution in [0.3, 0.4) is 0 Å². The Morgan fingerprint density at radius 2 is 2.46 bits per heavy atom. The summed E-state index contributed by atoms with van der Waals surface area (Å²) in [6.07, 6.45) is 7.37. The summed E-state index contributed by atoms with van der Waals surface area (Å²) in [5.41, 5.74) is 0. The zero-order chi connectivity index (χ0) is 9.10. The van der Waals surface area contributed by atoms with Gasteiger partial charge in [0.25, 0.3) is 0 Å². The second-order valence-corrected chi connectivity index (χ2v) is 3.10. The van der Waals surface area contributed by atoms with E-state index in [1.807, 2.05) is 0 Å². The van der Waals surface area contributed by atoms with Gasteiger partial charge >= 0.3 is 0 Å². The van der Waals surface area contributed by atoms with Gasteiger partial charge in [-0.25, -0.2) is 0 Å². The van der Waals surface area contributed by atoms with Gasteiger partial charge in [0.15, 0.2) is 0 Å². The lowest BCUT2D eigenvalue weighted by Gasteiger charge is -2.01. The zero-order valence-electron chi connectivity index (χ0n) is 7.45. The maximum Gasteiger partial charge on any atom is 0.147 e. The Labute approximate surface area is 77.4 Å². The lowest BCUT2D eigenvalue weighted by molar-refractivity contribution is 0.638. The van der Waals surface area contributed by atoms with Crippen LogP contribution < -0.4 is 5.32 Å². The summed E-state index contributed by atoms with van der Waals surface area (Å²) in [5.74, 6) is 4.64.